The van der Waals surface area contributed by atoms with Crippen LogP contribution >= 0.6 is 0 Å². The SMILES string of the molecule is CCCCCN(C(=O)C(CCC(N)=O)NC(=O)OC(C)(C)C)C(C(=O)NC(C)C)c1ccc(CC)cc1. The lowest BCUT2D eigenvalue weighted by Crippen LogP contribution is -2.54. The van der Waals surface area contributed by atoms with Crippen molar-refractivity contribution in [2.75, 3.05) is 6.54 Å². The van der Waals surface area contributed by atoms with E-state index in [4.69, 9.17) is 10.5 Å². The van der Waals surface area contributed by atoms with Crippen molar-refractivity contribution in [3.63, 3.8) is 0 Å². The molecule has 0 bridgehead atoms. The van der Waals surface area contributed by atoms with E-state index in [1.165, 1.54) is 4.90 Å². The van der Waals surface area contributed by atoms with E-state index in [2.05, 4.69) is 17.6 Å². The van der Waals surface area contributed by atoms with E-state index in [-0.39, 0.29) is 24.8 Å². The summed E-state index contributed by atoms with van der Waals surface area (Å²) in [6, 6.07) is 5.49. The van der Waals surface area contributed by atoms with Crippen molar-refractivity contribution in [3.05, 3.63) is 35.4 Å². The van der Waals surface area contributed by atoms with Crippen LogP contribution in [0.15, 0.2) is 24.3 Å². The number of nitrogens with two attached hydrogens (primary N) is 1. The van der Waals surface area contributed by atoms with Crippen LogP contribution in [0.1, 0.15) is 97.7 Å². The predicted octanol–water partition coefficient (Wildman–Crippen LogP) is 3.99. The number of ether oxygens (including phenoxy) is 1. The van der Waals surface area contributed by atoms with Crippen LogP contribution in [0.25, 0.3) is 0 Å². The van der Waals surface area contributed by atoms with Gasteiger partial charge in [0, 0.05) is 19.0 Å². The van der Waals surface area contributed by atoms with E-state index in [0.29, 0.717) is 18.5 Å². The summed E-state index contributed by atoms with van der Waals surface area (Å²) >= 11 is 0. The largest absolute Gasteiger partial charge is 0.444 e. The average Bonchev–Trinajstić information content (AvgIpc) is 2.79. The molecule has 0 saturated carbocycles. The Morgan fingerprint density at radius 3 is 2.11 bits per heavy atom. The molecule has 1 aromatic carbocycles. The van der Waals surface area contributed by atoms with Crippen LogP contribution in [0.4, 0.5) is 4.79 Å². The number of aryl methyl sites for hydroxylation is 1. The first-order valence-corrected chi connectivity index (χ1v) is 13.3. The molecule has 0 saturated heterocycles. The number of carbonyl (C=O) groups is 4. The molecule has 0 aromatic heterocycles. The highest BCUT2D eigenvalue weighted by atomic mass is 16.6. The van der Waals surface area contributed by atoms with Gasteiger partial charge in [-0.05, 0) is 65.0 Å². The topological polar surface area (TPSA) is 131 Å². The van der Waals surface area contributed by atoms with E-state index in [1.807, 2.05) is 45.0 Å². The van der Waals surface area contributed by atoms with Crippen LogP contribution in [0.3, 0.4) is 0 Å². The molecule has 2 unspecified atom stereocenters. The maximum Gasteiger partial charge on any atom is 0.408 e. The number of amides is 4. The summed E-state index contributed by atoms with van der Waals surface area (Å²) in [6.45, 7) is 13.3. The third-order valence-corrected chi connectivity index (χ3v) is 5.65. The van der Waals surface area contributed by atoms with E-state index in [9.17, 15) is 19.2 Å². The Kier molecular flexibility index (Phi) is 13.1. The third-order valence-electron chi connectivity index (χ3n) is 5.65. The summed E-state index contributed by atoms with van der Waals surface area (Å²) in [5.74, 6) is -1.37. The maximum atomic E-state index is 14.0. The molecule has 0 aliphatic heterocycles. The molecule has 0 radical (unpaired) electrons. The number of hydrogen-bond acceptors (Lipinski definition) is 5. The van der Waals surface area contributed by atoms with Crippen molar-refractivity contribution in [2.24, 2.45) is 5.73 Å². The number of unbranched alkanes of at least 4 members (excludes halogenated alkanes) is 2. The summed E-state index contributed by atoms with van der Waals surface area (Å²) in [6.07, 6.45) is 2.42. The molecular formula is C28H46N4O5. The van der Waals surface area contributed by atoms with Gasteiger partial charge in [-0.1, -0.05) is 51.0 Å². The summed E-state index contributed by atoms with van der Waals surface area (Å²) in [5, 5.41) is 5.55. The van der Waals surface area contributed by atoms with Gasteiger partial charge in [0.1, 0.15) is 17.7 Å². The Balaban J connectivity index is 3.49. The lowest BCUT2D eigenvalue weighted by Gasteiger charge is -2.35. The Morgan fingerprint density at radius 2 is 1.62 bits per heavy atom. The van der Waals surface area contributed by atoms with Crippen molar-refractivity contribution in [1.29, 1.82) is 0 Å². The second-order valence-corrected chi connectivity index (χ2v) is 10.6. The van der Waals surface area contributed by atoms with E-state index >= 15 is 0 Å². The molecule has 4 N–H and O–H groups in total. The van der Waals surface area contributed by atoms with Crippen molar-refractivity contribution in [1.82, 2.24) is 15.5 Å². The Labute approximate surface area is 221 Å². The number of benzene rings is 1. The van der Waals surface area contributed by atoms with Gasteiger partial charge in [-0.3, -0.25) is 14.4 Å². The smallest absolute Gasteiger partial charge is 0.408 e. The first-order valence-electron chi connectivity index (χ1n) is 13.3. The number of primary amides is 1. The van der Waals surface area contributed by atoms with Crippen molar-refractivity contribution < 1.29 is 23.9 Å². The standard InChI is InChI=1S/C28H46N4O5/c1-8-10-11-18-32(24(25(34)30-19(3)4)21-14-12-20(9-2)13-15-21)26(35)22(16-17-23(29)33)31-27(36)37-28(5,6)7/h12-15,19,22,24H,8-11,16-18H2,1-7H3,(H2,29,33)(H,30,34)(H,31,36). The molecule has 0 spiro atoms. The summed E-state index contributed by atoms with van der Waals surface area (Å²) in [5.41, 5.74) is 6.37. The molecule has 4 amide bonds. The Morgan fingerprint density at radius 1 is 1.00 bits per heavy atom. The first kappa shape index (κ1) is 31.9. The zero-order chi connectivity index (χ0) is 28.2. The molecule has 0 heterocycles. The van der Waals surface area contributed by atoms with Crippen molar-refractivity contribution in [2.45, 2.75) is 111 Å². The number of alkyl carbamates (subject to hydrolysis) is 1. The monoisotopic (exact) mass is 518 g/mol. The van der Waals surface area contributed by atoms with Gasteiger partial charge in [0.2, 0.25) is 17.7 Å². The van der Waals surface area contributed by atoms with E-state index < -0.39 is 35.6 Å². The molecule has 0 aliphatic carbocycles. The second-order valence-electron chi connectivity index (χ2n) is 10.6. The van der Waals surface area contributed by atoms with Gasteiger partial charge in [-0.15, -0.1) is 0 Å². The number of carbonyl (C=O) groups excluding carboxylic acids is 4. The molecule has 9 nitrogen and oxygen atoms in total. The number of hydrogen-bond donors (Lipinski definition) is 3. The molecule has 37 heavy (non-hydrogen) atoms. The van der Waals surface area contributed by atoms with Crippen LogP contribution in [0.5, 0.6) is 0 Å². The van der Waals surface area contributed by atoms with Crippen LogP contribution in [-0.2, 0) is 25.5 Å². The van der Waals surface area contributed by atoms with Crippen LogP contribution < -0.4 is 16.4 Å². The van der Waals surface area contributed by atoms with E-state index in [0.717, 1.165) is 24.8 Å². The third kappa shape index (κ3) is 11.7. The van der Waals surface area contributed by atoms with Crippen LogP contribution in [-0.4, -0.2) is 52.9 Å². The lowest BCUT2D eigenvalue weighted by atomic mass is 9.99. The van der Waals surface area contributed by atoms with Crippen molar-refractivity contribution >= 4 is 23.8 Å². The minimum atomic E-state index is -1.09. The molecule has 1 rings (SSSR count). The summed E-state index contributed by atoms with van der Waals surface area (Å²) < 4.78 is 5.36. The predicted molar refractivity (Wildman–Crippen MR) is 145 cm³/mol. The molecule has 0 aliphatic rings. The van der Waals surface area contributed by atoms with Gasteiger partial charge < -0.3 is 26.0 Å². The highest BCUT2D eigenvalue weighted by Crippen LogP contribution is 2.25. The van der Waals surface area contributed by atoms with Crippen LogP contribution in [0.2, 0.25) is 0 Å². The number of nitrogens with one attached hydrogen (secondary N) is 2. The van der Waals surface area contributed by atoms with Gasteiger partial charge in [-0.25, -0.2) is 4.79 Å². The van der Waals surface area contributed by atoms with Gasteiger partial charge in [-0.2, -0.15) is 0 Å². The molecular weight excluding hydrogens is 472 g/mol. The maximum absolute atomic E-state index is 14.0. The fraction of sp³-hybridized carbons (Fsp3) is 0.643. The van der Waals surface area contributed by atoms with E-state index in [1.54, 1.807) is 20.8 Å². The zero-order valence-corrected chi connectivity index (χ0v) is 23.6. The number of rotatable bonds is 14. The zero-order valence-electron chi connectivity index (χ0n) is 23.6. The Hall–Kier alpha value is -3.10. The summed E-state index contributed by atoms with van der Waals surface area (Å²) in [7, 11) is 0. The quantitative estimate of drug-likeness (QED) is 0.321. The molecule has 9 heteroatoms. The second kappa shape index (κ2) is 15.2. The highest BCUT2D eigenvalue weighted by Gasteiger charge is 2.36. The highest BCUT2D eigenvalue weighted by molar-refractivity contribution is 5.92. The molecule has 2 atom stereocenters. The van der Waals surface area contributed by atoms with Gasteiger partial charge >= 0.3 is 6.09 Å². The lowest BCUT2D eigenvalue weighted by molar-refractivity contribution is -0.143. The number of nitrogens with zero attached hydrogens (tertiary/aromatic N) is 1. The fourth-order valence-corrected chi connectivity index (χ4v) is 3.86. The molecule has 1 aromatic rings. The normalized spacial score (nSPS) is 13.0. The molecule has 208 valence electrons. The fourth-order valence-electron chi connectivity index (χ4n) is 3.86. The first-order chi connectivity index (χ1) is 17.3. The van der Waals surface area contributed by atoms with Crippen LogP contribution in [0, 0.1) is 0 Å². The summed E-state index contributed by atoms with van der Waals surface area (Å²) in [4.78, 5) is 53.2. The van der Waals surface area contributed by atoms with Crippen molar-refractivity contribution in [3.8, 4) is 0 Å². The average molecular weight is 519 g/mol. The minimum Gasteiger partial charge on any atom is -0.444 e. The van der Waals surface area contributed by atoms with Gasteiger partial charge in [0.05, 0.1) is 0 Å². The Bertz CT molecular complexity index is 893. The minimum absolute atomic E-state index is 0.00895. The molecule has 0 fully saturated rings. The van der Waals surface area contributed by atoms with Gasteiger partial charge in [0.15, 0.2) is 0 Å². The van der Waals surface area contributed by atoms with Gasteiger partial charge in [0.25, 0.3) is 0 Å².